The zero-order chi connectivity index (χ0) is 22.8. The number of rotatable bonds is 7. The highest BCUT2D eigenvalue weighted by Crippen LogP contribution is 2.48. The largest absolute Gasteiger partial charge is 0.494 e. The Hall–Kier alpha value is -3.67. The van der Waals surface area contributed by atoms with E-state index in [1.165, 1.54) is 0 Å². The van der Waals surface area contributed by atoms with Crippen molar-refractivity contribution < 1.29 is 18.9 Å². The van der Waals surface area contributed by atoms with Gasteiger partial charge in [-0.1, -0.05) is 18.2 Å². The average molecular weight is 445 g/mol. The number of hydrogen-bond donors (Lipinski definition) is 0. The zero-order valence-electron chi connectivity index (χ0n) is 19.2. The molecule has 5 rings (SSSR count). The number of methoxy groups -OCH3 is 1. The highest BCUT2D eigenvalue weighted by atomic mass is 16.5. The lowest BCUT2D eigenvalue weighted by Crippen LogP contribution is -2.33. The average Bonchev–Trinajstić information content (AvgIpc) is 3.30. The minimum atomic E-state index is -0.366. The molecule has 0 N–H and O–H groups in total. The summed E-state index contributed by atoms with van der Waals surface area (Å²) in [5, 5.41) is 7.11. The van der Waals surface area contributed by atoms with E-state index in [0.717, 1.165) is 46.1 Å². The van der Waals surface area contributed by atoms with Gasteiger partial charge in [-0.2, -0.15) is 5.10 Å². The second-order valence-corrected chi connectivity index (χ2v) is 7.96. The Morgan fingerprint density at radius 3 is 2.48 bits per heavy atom. The molecule has 0 aliphatic carbocycles. The number of fused-ring (bicyclic) bond motifs is 3. The smallest absolute Gasteiger partial charge is 0.214 e. The normalized spacial score (nSPS) is 18.6. The van der Waals surface area contributed by atoms with Crippen LogP contribution in [0.2, 0.25) is 0 Å². The topological polar surface area (TPSA) is 52.5 Å². The highest BCUT2D eigenvalue weighted by Gasteiger charge is 2.41. The molecule has 0 saturated carbocycles. The standard InChI is InChI=1S/C27H28N2O4/c1-4-31-20-13-10-18(11-14-20)22-17-23-21-8-6-7-9-24(21)33-27(29(23)28-22)19-12-15-25(32-5-2)26(16-19)30-3/h6-16,23,27H,4-5,17H2,1-3H3/t23-,27-/m1/s1. The van der Waals surface area contributed by atoms with Gasteiger partial charge < -0.3 is 18.9 Å². The minimum absolute atomic E-state index is 0.0964. The fraction of sp³-hybridized carbons (Fsp3) is 0.296. The highest BCUT2D eigenvalue weighted by molar-refractivity contribution is 6.02. The summed E-state index contributed by atoms with van der Waals surface area (Å²) >= 11 is 0. The van der Waals surface area contributed by atoms with Gasteiger partial charge >= 0.3 is 0 Å². The van der Waals surface area contributed by atoms with Gasteiger partial charge in [0.2, 0.25) is 6.23 Å². The molecule has 3 aromatic carbocycles. The lowest BCUT2D eigenvalue weighted by atomic mass is 9.96. The Morgan fingerprint density at radius 1 is 0.939 bits per heavy atom. The van der Waals surface area contributed by atoms with Crippen LogP contribution in [0.25, 0.3) is 0 Å². The molecule has 0 bridgehead atoms. The van der Waals surface area contributed by atoms with Crippen molar-refractivity contribution in [1.29, 1.82) is 0 Å². The molecule has 6 heteroatoms. The molecular formula is C27H28N2O4. The van der Waals surface area contributed by atoms with Crippen LogP contribution < -0.4 is 18.9 Å². The maximum atomic E-state index is 6.47. The van der Waals surface area contributed by atoms with Crippen molar-refractivity contribution in [3.63, 3.8) is 0 Å². The van der Waals surface area contributed by atoms with E-state index in [9.17, 15) is 0 Å². The molecule has 0 radical (unpaired) electrons. The van der Waals surface area contributed by atoms with Crippen molar-refractivity contribution in [3.05, 3.63) is 83.4 Å². The lowest BCUT2D eigenvalue weighted by molar-refractivity contribution is -0.0191. The molecular weight excluding hydrogens is 416 g/mol. The van der Waals surface area contributed by atoms with Crippen molar-refractivity contribution in [2.75, 3.05) is 20.3 Å². The van der Waals surface area contributed by atoms with Crippen LogP contribution in [0, 0.1) is 0 Å². The quantitative estimate of drug-likeness (QED) is 0.465. The molecule has 2 aliphatic heterocycles. The Bertz CT molecular complexity index is 1160. The van der Waals surface area contributed by atoms with Gasteiger partial charge in [-0.25, -0.2) is 5.01 Å². The summed E-state index contributed by atoms with van der Waals surface area (Å²) in [5.74, 6) is 3.16. The Kier molecular flexibility index (Phi) is 5.82. The second kappa shape index (κ2) is 9.06. The first kappa shape index (κ1) is 21.2. The van der Waals surface area contributed by atoms with E-state index in [-0.39, 0.29) is 12.3 Å². The summed E-state index contributed by atoms with van der Waals surface area (Å²) in [6, 6.07) is 22.4. The minimum Gasteiger partial charge on any atom is -0.494 e. The summed E-state index contributed by atoms with van der Waals surface area (Å²) in [4.78, 5) is 0. The van der Waals surface area contributed by atoms with Gasteiger partial charge in [0.15, 0.2) is 11.5 Å². The van der Waals surface area contributed by atoms with E-state index in [1.807, 2.05) is 56.3 Å². The lowest BCUT2D eigenvalue weighted by Gasteiger charge is -2.38. The number of hydrazone groups is 1. The molecule has 170 valence electrons. The van der Waals surface area contributed by atoms with E-state index >= 15 is 0 Å². The fourth-order valence-corrected chi connectivity index (χ4v) is 4.45. The van der Waals surface area contributed by atoms with Crippen LogP contribution in [0.3, 0.4) is 0 Å². The fourth-order valence-electron chi connectivity index (χ4n) is 4.45. The van der Waals surface area contributed by atoms with Gasteiger partial charge in [-0.15, -0.1) is 0 Å². The van der Waals surface area contributed by atoms with E-state index in [1.54, 1.807) is 7.11 Å². The van der Waals surface area contributed by atoms with Crippen molar-refractivity contribution >= 4 is 5.71 Å². The van der Waals surface area contributed by atoms with Crippen LogP contribution in [-0.4, -0.2) is 31.0 Å². The molecule has 0 fully saturated rings. The second-order valence-electron chi connectivity index (χ2n) is 7.96. The molecule has 2 atom stereocenters. The van der Waals surface area contributed by atoms with Crippen LogP contribution in [-0.2, 0) is 0 Å². The molecule has 0 saturated heterocycles. The zero-order valence-corrected chi connectivity index (χ0v) is 19.2. The molecule has 2 heterocycles. The molecule has 0 spiro atoms. The summed E-state index contributed by atoms with van der Waals surface area (Å²) in [7, 11) is 1.65. The van der Waals surface area contributed by atoms with E-state index in [0.29, 0.717) is 19.0 Å². The molecule has 3 aromatic rings. The van der Waals surface area contributed by atoms with E-state index in [4.69, 9.17) is 24.0 Å². The van der Waals surface area contributed by atoms with Gasteiger partial charge in [0.1, 0.15) is 11.5 Å². The summed E-state index contributed by atoms with van der Waals surface area (Å²) in [5.41, 5.74) is 4.24. The molecule has 2 aliphatic rings. The monoisotopic (exact) mass is 444 g/mol. The predicted octanol–water partition coefficient (Wildman–Crippen LogP) is 5.73. The maximum absolute atomic E-state index is 6.47. The molecule has 6 nitrogen and oxygen atoms in total. The van der Waals surface area contributed by atoms with Gasteiger partial charge in [-0.3, -0.25) is 0 Å². The third kappa shape index (κ3) is 3.97. The Labute approximate surface area is 194 Å². The van der Waals surface area contributed by atoms with Crippen LogP contribution >= 0.6 is 0 Å². The van der Waals surface area contributed by atoms with Crippen LogP contribution in [0.1, 0.15) is 49.2 Å². The first-order valence-electron chi connectivity index (χ1n) is 11.4. The van der Waals surface area contributed by atoms with Crippen LogP contribution in [0.5, 0.6) is 23.0 Å². The van der Waals surface area contributed by atoms with Crippen LogP contribution in [0.4, 0.5) is 0 Å². The Morgan fingerprint density at radius 2 is 1.73 bits per heavy atom. The van der Waals surface area contributed by atoms with Crippen molar-refractivity contribution in [1.82, 2.24) is 5.01 Å². The van der Waals surface area contributed by atoms with E-state index in [2.05, 4.69) is 29.3 Å². The first-order chi connectivity index (χ1) is 16.2. The third-order valence-electron chi connectivity index (χ3n) is 5.97. The number of ether oxygens (including phenoxy) is 4. The maximum Gasteiger partial charge on any atom is 0.214 e. The van der Waals surface area contributed by atoms with Crippen molar-refractivity contribution in [3.8, 4) is 23.0 Å². The Balaban J connectivity index is 1.52. The SMILES string of the molecule is CCOc1ccc(C2=NN3[C@H](C2)c2ccccc2O[C@@H]3c2ccc(OCC)c(OC)c2)cc1. The van der Waals surface area contributed by atoms with Crippen molar-refractivity contribution in [2.45, 2.75) is 32.5 Å². The first-order valence-corrected chi connectivity index (χ1v) is 11.4. The number of nitrogens with zero attached hydrogens (tertiary/aromatic N) is 2. The van der Waals surface area contributed by atoms with Crippen molar-refractivity contribution in [2.24, 2.45) is 5.10 Å². The number of para-hydroxylation sites is 1. The predicted molar refractivity (Wildman–Crippen MR) is 127 cm³/mol. The summed E-state index contributed by atoms with van der Waals surface area (Å²) in [6.07, 6.45) is 0.439. The number of hydrogen-bond acceptors (Lipinski definition) is 6. The molecule has 0 unspecified atom stereocenters. The molecule has 0 amide bonds. The van der Waals surface area contributed by atoms with Gasteiger partial charge in [0.05, 0.1) is 32.1 Å². The third-order valence-corrected chi connectivity index (χ3v) is 5.97. The molecule has 33 heavy (non-hydrogen) atoms. The number of benzene rings is 3. The van der Waals surface area contributed by atoms with Gasteiger partial charge in [0.25, 0.3) is 0 Å². The molecule has 0 aromatic heterocycles. The summed E-state index contributed by atoms with van der Waals surface area (Å²) in [6.45, 7) is 5.17. The summed E-state index contributed by atoms with van der Waals surface area (Å²) < 4.78 is 23.3. The van der Waals surface area contributed by atoms with E-state index < -0.39 is 0 Å². The van der Waals surface area contributed by atoms with Gasteiger partial charge in [0, 0.05) is 17.5 Å². The van der Waals surface area contributed by atoms with Crippen LogP contribution in [0.15, 0.2) is 71.8 Å². The van der Waals surface area contributed by atoms with Gasteiger partial charge in [-0.05, 0) is 67.9 Å².